The van der Waals surface area contributed by atoms with Gasteiger partial charge in [0.2, 0.25) is 10.0 Å². The Morgan fingerprint density at radius 3 is 2.44 bits per heavy atom. The first kappa shape index (κ1) is 14.9. The number of nitrogens with one attached hydrogen (secondary N) is 1. The normalized spacial score (nSPS) is 13.3. The lowest BCUT2D eigenvalue weighted by molar-refractivity contribution is 0.279. The molecular formula is C12H19NO4S. The SMILES string of the molecule is COc1ccc(S(=O)(=O)NC(C)CCCO)cc1. The largest absolute Gasteiger partial charge is 0.497 e. The molecule has 1 rings (SSSR count). The van der Waals surface area contributed by atoms with Crippen LogP contribution in [-0.4, -0.2) is 33.3 Å². The van der Waals surface area contributed by atoms with Crippen LogP contribution in [0.1, 0.15) is 19.8 Å². The average molecular weight is 273 g/mol. The molecule has 1 unspecified atom stereocenters. The molecule has 0 saturated carbocycles. The maximum Gasteiger partial charge on any atom is 0.240 e. The lowest BCUT2D eigenvalue weighted by Gasteiger charge is -2.13. The summed E-state index contributed by atoms with van der Waals surface area (Å²) in [5.74, 6) is 0.613. The summed E-state index contributed by atoms with van der Waals surface area (Å²) in [6.45, 7) is 1.84. The van der Waals surface area contributed by atoms with Gasteiger partial charge in [-0.2, -0.15) is 0 Å². The summed E-state index contributed by atoms with van der Waals surface area (Å²) in [4.78, 5) is 0.208. The maximum atomic E-state index is 12.0. The number of hydrogen-bond donors (Lipinski definition) is 2. The fraction of sp³-hybridized carbons (Fsp3) is 0.500. The predicted molar refractivity (Wildman–Crippen MR) is 69.1 cm³/mol. The Kier molecular flexibility index (Phi) is 5.58. The van der Waals surface area contributed by atoms with Crippen molar-refractivity contribution in [1.29, 1.82) is 0 Å². The van der Waals surface area contributed by atoms with Crippen LogP contribution in [0.2, 0.25) is 0 Å². The second kappa shape index (κ2) is 6.72. The first-order chi connectivity index (χ1) is 8.49. The molecule has 0 aliphatic heterocycles. The fourth-order valence-electron chi connectivity index (χ4n) is 1.54. The van der Waals surface area contributed by atoms with Crippen LogP contribution >= 0.6 is 0 Å². The number of aliphatic hydroxyl groups excluding tert-OH is 1. The smallest absolute Gasteiger partial charge is 0.240 e. The predicted octanol–water partition coefficient (Wildman–Crippen LogP) is 1.13. The van der Waals surface area contributed by atoms with Gasteiger partial charge < -0.3 is 9.84 Å². The summed E-state index contributed by atoms with van der Waals surface area (Å²) in [7, 11) is -1.98. The molecule has 0 aliphatic carbocycles. The molecule has 1 aromatic rings. The van der Waals surface area contributed by atoms with Gasteiger partial charge in [-0.15, -0.1) is 0 Å². The van der Waals surface area contributed by atoms with E-state index in [0.29, 0.717) is 18.6 Å². The van der Waals surface area contributed by atoms with Crippen LogP contribution in [0.25, 0.3) is 0 Å². The van der Waals surface area contributed by atoms with Gasteiger partial charge in [0, 0.05) is 12.6 Å². The highest BCUT2D eigenvalue weighted by Crippen LogP contribution is 2.16. The van der Waals surface area contributed by atoms with E-state index in [1.54, 1.807) is 19.1 Å². The molecule has 0 aliphatic rings. The van der Waals surface area contributed by atoms with Crippen molar-refractivity contribution in [3.05, 3.63) is 24.3 Å². The zero-order valence-corrected chi connectivity index (χ0v) is 11.4. The molecule has 6 heteroatoms. The first-order valence-electron chi connectivity index (χ1n) is 5.77. The zero-order valence-electron chi connectivity index (χ0n) is 10.6. The Morgan fingerprint density at radius 1 is 1.33 bits per heavy atom. The number of rotatable bonds is 7. The van der Waals surface area contributed by atoms with Crippen molar-refractivity contribution in [2.45, 2.75) is 30.7 Å². The van der Waals surface area contributed by atoms with E-state index in [0.717, 1.165) is 0 Å². The molecule has 0 fully saturated rings. The second-order valence-corrected chi connectivity index (χ2v) is 5.78. The van der Waals surface area contributed by atoms with Crippen molar-refractivity contribution in [1.82, 2.24) is 4.72 Å². The molecule has 5 nitrogen and oxygen atoms in total. The van der Waals surface area contributed by atoms with Crippen molar-refractivity contribution < 1.29 is 18.3 Å². The summed E-state index contributed by atoms with van der Waals surface area (Å²) in [6, 6.07) is 6.00. The van der Waals surface area contributed by atoms with Gasteiger partial charge >= 0.3 is 0 Å². The third-order valence-electron chi connectivity index (χ3n) is 2.52. The number of hydrogen-bond acceptors (Lipinski definition) is 4. The van der Waals surface area contributed by atoms with Crippen molar-refractivity contribution in [2.75, 3.05) is 13.7 Å². The Bertz CT molecular complexity index is 455. The van der Waals surface area contributed by atoms with E-state index in [1.807, 2.05) is 0 Å². The number of sulfonamides is 1. The molecule has 0 aromatic heterocycles. The van der Waals surface area contributed by atoms with Crippen molar-refractivity contribution >= 4 is 10.0 Å². The molecule has 0 saturated heterocycles. The molecule has 2 N–H and O–H groups in total. The van der Waals surface area contributed by atoms with Crippen molar-refractivity contribution in [2.24, 2.45) is 0 Å². The lowest BCUT2D eigenvalue weighted by Crippen LogP contribution is -2.32. The molecule has 102 valence electrons. The molecule has 1 aromatic carbocycles. The molecule has 0 heterocycles. The highest BCUT2D eigenvalue weighted by molar-refractivity contribution is 7.89. The average Bonchev–Trinajstić information content (AvgIpc) is 2.36. The summed E-state index contributed by atoms with van der Waals surface area (Å²) >= 11 is 0. The minimum atomic E-state index is -3.50. The van der Waals surface area contributed by atoms with E-state index >= 15 is 0 Å². The summed E-state index contributed by atoms with van der Waals surface area (Å²) in [5, 5.41) is 8.70. The van der Waals surface area contributed by atoms with Gasteiger partial charge in [-0.1, -0.05) is 0 Å². The van der Waals surface area contributed by atoms with Crippen LogP contribution in [0, 0.1) is 0 Å². The minimum absolute atomic E-state index is 0.0641. The van der Waals surface area contributed by atoms with Crippen LogP contribution < -0.4 is 9.46 Å². The van der Waals surface area contributed by atoms with Crippen molar-refractivity contribution in [3.63, 3.8) is 0 Å². The Hall–Kier alpha value is -1.11. The first-order valence-corrected chi connectivity index (χ1v) is 7.25. The summed E-state index contributed by atoms with van der Waals surface area (Å²) in [5.41, 5.74) is 0. The molecule has 1 atom stereocenters. The van der Waals surface area contributed by atoms with Gasteiger partial charge in [-0.25, -0.2) is 13.1 Å². The number of methoxy groups -OCH3 is 1. The maximum absolute atomic E-state index is 12.0. The van der Waals surface area contributed by atoms with E-state index in [-0.39, 0.29) is 17.5 Å². The lowest BCUT2D eigenvalue weighted by atomic mass is 10.2. The monoisotopic (exact) mass is 273 g/mol. The van der Waals surface area contributed by atoms with Crippen LogP contribution in [0.5, 0.6) is 5.75 Å². The van der Waals surface area contributed by atoms with Crippen LogP contribution in [0.3, 0.4) is 0 Å². The number of aliphatic hydroxyl groups is 1. The van der Waals surface area contributed by atoms with Gasteiger partial charge in [0.1, 0.15) is 5.75 Å². The molecule has 0 bridgehead atoms. The third kappa shape index (κ3) is 4.29. The molecule has 0 spiro atoms. The second-order valence-electron chi connectivity index (χ2n) is 4.06. The minimum Gasteiger partial charge on any atom is -0.497 e. The highest BCUT2D eigenvalue weighted by Gasteiger charge is 2.16. The van der Waals surface area contributed by atoms with E-state index in [2.05, 4.69) is 4.72 Å². The molecule has 0 radical (unpaired) electrons. The van der Waals surface area contributed by atoms with Crippen molar-refractivity contribution in [3.8, 4) is 5.75 Å². The van der Waals surface area contributed by atoms with E-state index in [4.69, 9.17) is 9.84 Å². The van der Waals surface area contributed by atoms with E-state index in [1.165, 1.54) is 19.2 Å². The Balaban J connectivity index is 2.73. The van der Waals surface area contributed by atoms with Gasteiger partial charge in [-0.3, -0.25) is 0 Å². The topological polar surface area (TPSA) is 75.6 Å². The Labute approximate surface area is 108 Å². The standard InChI is InChI=1S/C12H19NO4S/c1-10(4-3-9-14)13-18(15,16)12-7-5-11(17-2)6-8-12/h5-8,10,13-14H,3-4,9H2,1-2H3. The molecule has 18 heavy (non-hydrogen) atoms. The number of benzene rings is 1. The number of ether oxygens (including phenoxy) is 1. The summed E-state index contributed by atoms with van der Waals surface area (Å²) in [6.07, 6.45) is 1.18. The zero-order chi connectivity index (χ0) is 13.6. The van der Waals surface area contributed by atoms with Crippen LogP contribution in [0.15, 0.2) is 29.2 Å². The molecular weight excluding hydrogens is 254 g/mol. The van der Waals surface area contributed by atoms with Gasteiger partial charge in [0.15, 0.2) is 0 Å². The van der Waals surface area contributed by atoms with Crippen LogP contribution in [0.4, 0.5) is 0 Å². The van der Waals surface area contributed by atoms with Gasteiger partial charge in [-0.05, 0) is 44.0 Å². The molecule has 0 amide bonds. The van der Waals surface area contributed by atoms with E-state index < -0.39 is 10.0 Å². The summed E-state index contributed by atoms with van der Waals surface area (Å²) < 4.78 is 31.5. The van der Waals surface area contributed by atoms with Gasteiger partial charge in [0.05, 0.1) is 12.0 Å². The fourth-order valence-corrected chi connectivity index (χ4v) is 2.82. The van der Waals surface area contributed by atoms with Crippen LogP contribution in [-0.2, 0) is 10.0 Å². The third-order valence-corrected chi connectivity index (χ3v) is 4.13. The highest BCUT2D eigenvalue weighted by atomic mass is 32.2. The quantitative estimate of drug-likeness (QED) is 0.781. The van der Waals surface area contributed by atoms with Gasteiger partial charge in [0.25, 0.3) is 0 Å². The van der Waals surface area contributed by atoms with E-state index in [9.17, 15) is 8.42 Å². The Morgan fingerprint density at radius 2 is 1.94 bits per heavy atom.